The number of hydrogen-bond donors (Lipinski definition) is 1. The van der Waals surface area contributed by atoms with Gasteiger partial charge >= 0.3 is 0 Å². The van der Waals surface area contributed by atoms with E-state index in [4.69, 9.17) is 4.98 Å². The number of amides is 1. The Morgan fingerprint density at radius 2 is 1.55 bits per heavy atom. The van der Waals surface area contributed by atoms with Crippen LogP contribution in [-0.2, 0) is 19.3 Å². The maximum atomic E-state index is 13.9. The molecule has 10 heteroatoms. The molecule has 3 aliphatic carbocycles. The van der Waals surface area contributed by atoms with Crippen LogP contribution in [0.3, 0.4) is 0 Å². The van der Waals surface area contributed by atoms with Gasteiger partial charge in [-0.3, -0.25) is 19.7 Å². The molecule has 1 heterocycles. The molecule has 7 rings (SSSR count). The van der Waals surface area contributed by atoms with Crippen molar-refractivity contribution >= 4 is 23.1 Å². The number of nitro benzene ring substituents is 1. The summed E-state index contributed by atoms with van der Waals surface area (Å²) in [5.41, 5.74) is 5.71. The molecule has 1 amide bonds. The first-order chi connectivity index (χ1) is 21.3. The SMILES string of the molecule is O=C(Nc1ccc2c(c1)CCCc1cnc(C3CC3)nc1-2)c1c(F)cccc1F.O=C1CCCCc2cc([N+](=O)[O-])ccc21. The number of aromatic nitrogens is 2. The Kier molecular flexibility index (Phi) is 8.23. The van der Waals surface area contributed by atoms with Crippen molar-refractivity contribution in [2.24, 2.45) is 0 Å². The maximum absolute atomic E-state index is 13.9. The zero-order chi connectivity index (χ0) is 30.8. The Morgan fingerprint density at radius 3 is 2.30 bits per heavy atom. The third-order valence-corrected chi connectivity index (χ3v) is 8.23. The number of anilines is 1. The van der Waals surface area contributed by atoms with Crippen molar-refractivity contribution in [3.63, 3.8) is 0 Å². The molecule has 0 aliphatic heterocycles. The number of nitrogens with zero attached hydrogens (tertiary/aromatic N) is 3. The Morgan fingerprint density at radius 1 is 0.864 bits per heavy atom. The lowest BCUT2D eigenvalue weighted by Crippen LogP contribution is -2.16. The maximum Gasteiger partial charge on any atom is 0.269 e. The summed E-state index contributed by atoms with van der Waals surface area (Å²) in [6, 6.07) is 13.5. The number of rotatable bonds is 4. The third kappa shape index (κ3) is 6.24. The molecule has 3 aliphatic rings. The summed E-state index contributed by atoms with van der Waals surface area (Å²) in [7, 11) is 0. The highest BCUT2D eigenvalue weighted by Crippen LogP contribution is 2.40. The smallest absolute Gasteiger partial charge is 0.269 e. The van der Waals surface area contributed by atoms with Gasteiger partial charge in [0.25, 0.3) is 11.6 Å². The van der Waals surface area contributed by atoms with Crippen molar-refractivity contribution < 1.29 is 23.3 Å². The van der Waals surface area contributed by atoms with Crippen LogP contribution in [0, 0.1) is 21.7 Å². The van der Waals surface area contributed by atoms with E-state index in [-0.39, 0.29) is 11.5 Å². The summed E-state index contributed by atoms with van der Waals surface area (Å²) < 4.78 is 27.8. The van der Waals surface area contributed by atoms with Crippen LogP contribution in [0.5, 0.6) is 0 Å². The summed E-state index contributed by atoms with van der Waals surface area (Å²) in [5, 5.41) is 13.2. The summed E-state index contributed by atoms with van der Waals surface area (Å²) in [6.45, 7) is 0. The second-order valence-electron chi connectivity index (χ2n) is 11.4. The number of Topliss-reactive ketones (excluding diaryl/α,β-unsaturated/α-hetero) is 1. The molecule has 0 unspecified atom stereocenters. The van der Waals surface area contributed by atoms with Crippen molar-refractivity contribution in [1.29, 1.82) is 0 Å². The molecular weight excluding hydrogens is 566 g/mol. The number of benzene rings is 3. The van der Waals surface area contributed by atoms with Gasteiger partial charge in [0.15, 0.2) is 5.78 Å². The molecule has 0 radical (unpaired) electrons. The van der Waals surface area contributed by atoms with Crippen molar-refractivity contribution in [3.05, 3.63) is 116 Å². The Balaban J connectivity index is 0.000000193. The monoisotopic (exact) mass is 596 g/mol. The van der Waals surface area contributed by atoms with E-state index in [0.29, 0.717) is 23.6 Å². The third-order valence-electron chi connectivity index (χ3n) is 8.23. The van der Waals surface area contributed by atoms with Gasteiger partial charge in [-0.15, -0.1) is 0 Å². The minimum atomic E-state index is -0.879. The molecule has 1 fully saturated rings. The largest absolute Gasteiger partial charge is 0.322 e. The fourth-order valence-corrected chi connectivity index (χ4v) is 5.77. The van der Waals surface area contributed by atoms with Crippen molar-refractivity contribution in [2.75, 3.05) is 5.32 Å². The van der Waals surface area contributed by atoms with Crippen molar-refractivity contribution in [3.8, 4) is 11.3 Å². The molecule has 224 valence electrons. The molecule has 3 aromatic carbocycles. The summed E-state index contributed by atoms with van der Waals surface area (Å²) in [5.74, 6) is -1.07. The van der Waals surface area contributed by atoms with E-state index >= 15 is 0 Å². The molecule has 0 spiro atoms. The first-order valence-electron chi connectivity index (χ1n) is 14.8. The number of aryl methyl sites for hydroxylation is 3. The van der Waals surface area contributed by atoms with Gasteiger partial charge in [-0.1, -0.05) is 12.1 Å². The number of carbonyl (C=O) groups excluding carboxylic acids is 2. The quantitative estimate of drug-likeness (QED) is 0.148. The van der Waals surface area contributed by atoms with Crippen molar-refractivity contribution in [2.45, 2.75) is 63.7 Å². The molecule has 8 nitrogen and oxygen atoms in total. The van der Waals surface area contributed by atoms with Gasteiger partial charge in [-0.05, 0) is 98.4 Å². The van der Waals surface area contributed by atoms with Gasteiger partial charge in [-0.25, -0.2) is 18.7 Å². The average molecular weight is 597 g/mol. The first kappa shape index (κ1) is 29.2. The minimum absolute atomic E-state index is 0.0726. The number of nitro groups is 1. The van der Waals surface area contributed by atoms with Crippen LogP contribution in [0.25, 0.3) is 11.3 Å². The van der Waals surface area contributed by atoms with E-state index in [0.717, 1.165) is 97.3 Å². The minimum Gasteiger partial charge on any atom is -0.322 e. The van der Waals surface area contributed by atoms with Crippen LogP contribution in [0.4, 0.5) is 20.2 Å². The molecule has 1 saturated carbocycles. The van der Waals surface area contributed by atoms with Crippen LogP contribution >= 0.6 is 0 Å². The highest BCUT2D eigenvalue weighted by atomic mass is 19.1. The fraction of sp³-hybridized carbons (Fsp3) is 0.294. The number of hydrogen-bond acceptors (Lipinski definition) is 6. The molecule has 44 heavy (non-hydrogen) atoms. The number of ketones is 1. The van der Waals surface area contributed by atoms with Gasteiger partial charge in [0.05, 0.1) is 10.6 Å². The van der Waals surface area contributed by atoms with Crippen molar-refractivity contribution in [1.82, 2.24) is 9.97 Å². The van der Waals surface area contributed by atoms with E-state index in [1.165, 1.54) is 18.2 Å². The molecule has 4 aromatic rings. The summed E-state index contributed by atoms with van der Waals surface area (Å²) in [4.78, 5) is 43.6. The Bertz CT molecular complexity index is 1770. The molecule has 1 N–H and O–H groups in total. The lowest BCUT2D eigenvalue weighted by atomic mass is 10.0. The fourth-order valence-electron chi connectivity index (χ4n) is 5.77. The van der Waals surface area contributed by atoms with Crippen LogP contribution in [0.15, 0.2) is 60.8 Å². The van der Waals surface area contributed by atoms with Gasteiger partial charge in [0.2, 0.25) is 0 Å². The van der Waals surface area contributed by atoms with Crippen LogP contribution < -0.4 is 5.32 Å². The molecule has 1 aromatic heterocycles. The topological polar surface area (TPSA) is 115 Å². The zero-order valence-electron chi connectivity index (χ0n) is 23.9. The number of fused-ring (bicyclic) bond motifs is 4. The number of halogens is 2. The second-order valence-corrected chi connectivity index (χ2v) is 11.4. The van der Waals surface area contributed by atoms with Gasteiger partial charge < -0.3 is 5.32 Å². The number of non-ortho nitro benzene ring substituents is 1. The Hall–Kier alpha value is -4.86. The number of carbonyl (C=O) groups is 2. The highest BCUT2D eigenvalue weighted by Gasteiger charge is 2.28. The van der Waals surface area contributed by atoms with E-state index < -0.39 is 28.0 Å². The first-order valence-corrected chi connectivity index (χ1v) is 14.8. The lowest BCUT2D eigenvalue weighted by molar-refractivity contribution is -0.384. The predicted molar refractivity (Wildman–Crippen MR) is 161 cm³/mol. The van der Waals surface area contributed by atoms with Crippen LogP contribution in [0.2, 0.25) is 0 Å². The van der Waals surface area contributed by atoms with Gasteiger partial charge in [0.1, 0.15) is 23.0 Å². The standard InChI is InChI=1S/C23H19F2N3O.C11H11NO3/c24-18-5-2-6-19(25)20(18)23(29)27-16-9-10-17-14(11-16)3-1-4-15-12-26-22(13-7-8-13)28-21(15)17;13-11-4-2-1-3-8-7-9(12(14)15)5-6-10(8)11/h2,5-6,9-13H,1,3-4,7-8H2,(H,27,29);5-7H,1-4H2. The normalized spacial score (nSPS) is 15.4. The van der Waals surface area contributed by atoms with Gasteiger partial charge in [0, 0.05) is 47.5 Å². The lowest BCUT2D eigenvalue weighted by Gasteiger charge is -2.12. The van der Waals surface area contributed by atoms with Gasteiger partial charge in [-0.2, -0.15) is 0 Å². The molecular formula is C34H30F2N4O4. The highest BCUT2D eigenvalue weighted by molar-refractivity contribution is 6.04. The van der Waals surface area contributed by atoms with Crippen LogP contribution in [-0.4, -0.2) is 26.6 Å². The molecule has 0 atom stereocenters. The Labute approximate surface area is 252 Å². The zero-order valence-corrected chi connectivity index (χ0v) is 23.9. The number of nitrogens with one attached hydrogen (secondary N) is 1. The summed E-state index contributed by atoms with van der Waals surface area (Å²) in [6.07, 6.45) is 10.0. The van der Waals surface area contributed by atoms with E-state index in [2.05, 4.69) is 10.3 Å². The molecule has 0 saturated heterocycles. The predicted octanol–water partition coefficient (Wildman–Crippen LogP) is 7.54. The average Bonchev–Trinajstić information content (AvgIpc) is 3.87. The van der Waals surface area contributed by atoms with E-state index in [1.807, 2.05) is 18.3 Å². The van der Waals surface area contributed by atoms with Crippen LogP contribution in [0.1, 0.15) is 87.7 Å². The molecule has 0 bridgehead atoms. The summed E-state index contributed by atoms with van der Waals surface area (Å²) >= 11 is 0. The van der Waals surface area contributed by atoms with E-state index in [1.54, 1.807) is 12.1 Å². The second kappa shape index (κ2) is 12.4. The van der Waals surface area contributed by atoms with E-state index in [9.17, 15) is 28.5 Å².